The fourth-order valence-corrected chi connectivity index (χ4v) is 5.80. The lowest BCUT2D eigenvalue weighted by atomic mass is 9.88. The lowest BCUT2D eigenvalue weighted by Gasteiger charge is -2.36. The van der Waals surface area contributed by atoms with Crippen molar-refractivity contribution in [3.8, 4) is 11.4 Å². The van der Waals surface area contributed by atoms with Gasteiger partial charge in [-0.3, -0.25) is 14.8 Å². The maximum absolute atomic E-state index is 12.8. The summed E-state index contributed by atoms with van der Waals surface area (Å²) in [6.45, 7) is 4.39. The number of nitrogens with one attached hydrogen (secondary N) is 1. The van der Waals surface area contributed by atoms with Crippen LogP contribution in [0.15, 0.2) is 42.9 Å². The van der Waals surface area contributed by atoms with Crippen LogP contribution < -0.4 is 5.32 Å². The number of amides is 1. The van der Waals surface area contributed by atoms with E-state index in [2.05, 4.69) is 44.7 Å². The first-order valence-corrected chi connectivity index (χ1v) is 13.3. The van der Waals surface area contributed by atoms with Crippen molar-refractivity contribution in [3.05, 3.63) is 58.0 Å². The number of nitrogens with zero attached hydrogens (tertiary/aromatic N) is 5. The zero-order valence-electron chi connectivity index (χ0n) is 20.5. The molecular formula is C26H29ClN6O2S. The van der Waals surface area contributed by atoms with Gasteiger partial charge in [-0.15, -0.1) is 0 Å². The van der Waals surface area contributed by atoms with E-state index in [0.717, 1.165) is 53.9 Å². The lowest BCUT2D eigenvalue weighted by Crippen LogP contribution is -2.43. The highest BCUT2D eigenvalue weighted by molar-refractivity contribution is 7.17. The number of thiazole rings is 1. The number of hydrogen-bond acceptors (Lipinski definition) is 7. The second-order valence-electron chi connectivity index (χ2n) is 9.63. The summed E-state index contributed by atoms with van der Waals surface area (Å²) in [6.07, 6.45) is 8.31. The molecular weight excluding hydrogens is 496 g/mol. The van der Waals surface area contributed by atoms with E-state index >= 15 is 0 Å². The van der Waals surface area contributed by atoms with E-state index < -0.39 is 0 Å². The molecule has 1 fully saturated rings. The van der Waals surface area contributed by atoms with Crippen LogP contribution in [0.5, 0.6) is 0 Å². The summed E-state index contributed by atoms with van der Waals surface area (Å²) in [6, 6.07) is 7.94. The molecule has 0 aliphatic heterocycles. The van der Waals surface area contributed by atoms with Crippen molar-refractivity contribution in [2.45, 2.75) is 57.7 Å². The van der Waals surface area contributed by atoms with Gasteiger partial charge in [0.2, 0.25) is 0 Å². The van der Waals surface area contributed by atoms with Crippen LogP contribution >= 0.6 is 22.9 Å². The van der Waals surface area contributed by atoms with Gasteiger partial charge in [0.05, 0.1) is 35.4 Å². The minimum absolute atomic E-state index is 0.00961. The standard InChI is InChI=1S/C26H29ClN6O2S/c1-15(2)8-24-32-21-13-29-20(19-6-4-5-7-28-19)12-22(21)33(24)17-9-16(10-18(11-17)35-3)31-25(34)26-30-14-23(27)36-26/h4-7,12-18H,8-11H2,1-3H3,(H,31,34)/t16-,17+,18+/m0/s1. The van der Waals surface area contributed by atoms with Crippen molar-refractivity contribution >= 4 is 39.9 Å². The number of carbonyl (C=O) groups excluding carboxylic acids is 1. The summed E-state index contributed by atoms with van der Waals surface area (Å²) in [5.74, 6) is 1.26. The van der Waals surface area contributed by atoms with Gasteiger partial charge in [-0.05, 0) is 43.4 Å². The Hall–Kier alpha value is -2.88. The highest BCUT2D eigenvalue weighted by atomic mass is 35.5. The number of pyridine rings is 2. The molecule has 1 amide bonds. The molecule has 3 atom stereocenters. The predicted octanol–water partition coefficient (Wildman–Crippen LogP) is 5.34. The number of hydrogen-bond donors (Lipinski definition) is 1. The van der Waals surface area contributed by atoms with Crippen molar-refractivity contribution in [2.75, 3.05) is 7.11 Å². The number of imidazole rings is 1. The lowest BCUT2D eigenvalue weighted by molar-refractivity contribution is 0.0390. The van der Waals surface area contributed by atoms with Gasteiger partial charge in [0, 0.05) is 31.8 Å². The molecule has 10 heteroatoms. The van der Waals surface area contributed by atoms with Crippen LogP contribution in [0.25, 0.3) is 22.4 Å². The Morgan fingerprint density at radius 1 is 1.19 bits per heavy atom. The molecule has 5 rings (SSSR count). The molecule has 0 bridgehead atoms. The largest absolute Gasteiger partial charge is 0.381 e. The summed E-state index contributed by atoms with van der Waals surface area (Å²) < 4.78 is 8.66. The number of aromatic nitrogens is 5. The van der Waals surface area contributed by atoms with Gasteiger partial charge in [0.1, 0.15) is 15.7 Å². The van der Waals surface area contributed by atoms with Crippen molar-refractivity contribution in [1.29, 1.82) is 0 Å². The first kappa shape index (κ1) is 24.8. The molecule has 0 saturated heterocycles. The molecule has 188 valence electrons. The average molecular weight is 525 g/mol. The van der Waals surface area contributed by atoms with Gasteiger partial charge in [0.15, 0.2) is 5.01 Å². The molecule has 1 N–H and O–H groups in total. The maximum Gasteiger partial charge on any atom is 0.280 e. The van der Waals surface area contributed by atoms with E-state index in [1.807, 2.05) is 24.4 Å². The number of ether oxygens (including phenoxy) is 1. The Balaban J connectivity index is 1.51. The molecule has 0 radical (unpaired) electrons. The van der Waals surface area contributed by atoms with Gasteiger partial charge >= 0.3 is 0 Å². The third-order valence-electron chi connectivity index (χ3n) is 6.51. The third kappa shape index (κ3) is 5.28. The van der Waals surface area contributed by atoms with Crippen LogP contribution in [0.3, 0.4) is 0 Å². The highest BCUT2D eigenvalue weighted by Gasteiger charge is 2.33. The van der Waals surface area contributed by atoms with Crippen LogP contribution in [0, 0.1) is 5.92 Å². The molecule has 36 heavy (non-hydrogen) atoms. The fourth-order valence-electron chi connectivity index (χ4n) is 4.99. The summed E-state index contributed by atoms with van der Waals surface area (Å²) >= 11 is 7.17. The van der Waals surface area contributed by atoms with Gasteiger partial charge in [-0.2, -0.15) is 0 Å². The average Bonchev–Trinajstić information content (AvgIpc) is 3.46. The van der Waals surface area contributed by atoms with Crippen LogP contribution in [0.1, 0.15) is 54.8 Å². The Morgan fingerprint density at radius 2 is 2.06 bits per heavy atom. The second-order valence-corrected chi connectivity index (χ2v) is 11.3. The number of fused-ring (bicyclic) bond motifs is 1. The third-order valence-corrected chi connectivity index (χ3v) is 7.63. The SMILES string of the molecule is CO[C@@H]1C[C@@H](NC(=O)c2ncc(Cl)s2)C[C@@H](n2c(CC(C)C)nc3cnc(-c4ccccn4)cc32)C1. The molecule has 1 aliphatic rings. The summed E-state index contributed by atoms with van der Waals surface area (Å²) in [5, 5.41) is 3.54. The molecule has 0 unspecified atom stereocenters. The minimum Gasteiger partial charge on any atom is -0.381 e. The van der Waals surface area contributed by atoms with Gasteiger partial charge in [-0.25, -0.2) is 9.97 Å². The number of rotatable bonds is 7. The summed E-state index contributed by atoms with van der Waals surface area (Å²) in [4.78, 5) is 31.1. The molecule has 0 spiro atoms. The Bertz CT molecular complexity index is 1360. The van der Waals surface area contributed by atoms with E-state index in [4.69, 9.17) is 21.3 Å². The van der Waals surface area contributed by atoms with Crippen LogP contribution in [0.4, 0.5) is 0 Å². The quantitative estimate of drug-likeness (QED) is 0.350. The zero-order valence-corrected chi connectivity index (χ0v) is 22.1. The maximum atomic E-state index is 12.8. The Labute approximate surface area is 219 Å². The molecule has 4 aromatic rings. The summed E-state index contributed by atoms with van der Waals surface area (Å²) in [5.41, 5.74) is 3.52. The first-order valence-electron chi connectivity index (χ1n) is 12.1. The monoisotopic (exact) mass is 524 g/mol. The number of carbonyl (C=O) groups is 1. The number of methoxy groups -OCH3 is 1. The summed E-state index contributed by atoms with van der Waals surface area (Å²) in [7, 11) is 1.73. The highest BCUT2D eigenvalue weighted by Crippen LogP contribution is 2.35. The van der Waals surface area contributed by atoms with Gasteiger partial charge in [0.25, 0.3) is 5.91 Å². The fraction of sp³-hybridized carbons (Fsp3) is 0.423. The van der Waals surface area contributed by atoms with E-state index in [1.165, 1.54) is 17.5 Å². The van der Waals surface area contributed by atoms with Crippen molar-refractivity contribution < 1.29 is 9.53 Å². The molecule has 4 aromatic heterocycles. The van der Waals surface area contributed by atoms with E-state index in [9.17, 15) is 4.79 Å². The topological polar surface area (TPSA) is 94.8 Å². The van der Waals surface area contributed by atoms with Gasteiger partial charge in [-0.1, -0.05) is 42.9 Å². The smallest absolute Gasteiger partial charge is 0.280 e. The predicted molar refractivity (Wildman–Crippen MR) is 141 cm³/mol. The Morgan fingerprint density at radius 3 is 2.75 bits per heavy atom. The van der Waals surface area contributed by atoms with Crippen LogP contribution in [-0.4, -0.2) is 49.7 Å². The molecule has 8 nitrogen and oxygen atoms in total. The zero-order chi connectivity index (χ0) is 25.2. The van der Waals surface area contributed by atoms with Gasteiger partial charge < -0.3 is 14.6 Å². The van der Waals surface area contributed by atoms with Crippen molar-refractivity contribution in [2.24, 2.45) is 5.92 Å². The molecule has 1 saturated carbocycles. The van der Waals surface area contributed by atoms with E-state index in [-0.39, 0.29) is 24.1 Å². The van der Waals surface area contributed by atoms with Crippen molar-refractivity contribution in [3.63, 3.8) is 0 Å². The van der Waals surface area contributed by atoms with Crippen LogP contribution in [-0.2, 0) is 11.2 Å². The van der Waals surface area contributed by atoms with Crippen LogP contribution in [0.2, 0.25) is 4.34 Å². The first-order chi connectivity index (χ1) is 17.4. The minimum atomic E-state index is -0.202. The molecule has 4 heterocycles. The second kappa shape index (κ2) is 10.6. The van der Waals surface area contributed by atoms with Crippen molar-refractivity contribution in [1.82, 2.24) is 29.8 Å². The van der Waals surface area contributed by atoms with E-state index in [1.54, 1.807) is 13.3 Å². The number of halogens is 1. The Kier molecular flexibility index (Phi) is 7.32. The molecule has 0 aromatic carbocycles. The van der Waals surface area contributed by atoms with E-state index in [0.29, 0.717) is 15.3 Å². The normalized spacial score (nSPS) is 20.2. The molecule has 1 aliphatic carbocycles.